The zero-order valence-corrected chi connectivity index (χ0v) is 15.3. The summed E-state index contributed by atoms with van der Waals surface area (Å²) in [6.45, 7) is 3.92. The molecule has 2 heterocycles. The van der Waals surface area contributed by atoms with Crippen LogP contribution in [-0.4, -0.2) is 16.0 Å². The number of aryl methyl sites for hydroxylation is 2. The van der Waals surface area contributed by atoms with Crippen molar-refractivity contribution in [2.75, 3.05) is 5.32 Å². The van der Waals surface area contributed by atoms with Crippen LogP contribution in [0.15, 0.2) is 51.6 Å². The van der Waals surface area contributed by atoms with Gasteiger partial charge in [0.05, 0.1) is 5.56 Å². The van der Waals surface area contributed by atoms with Crippen LogP contribution >= 0.6 is 15.9 Å². The molecule has 128 valence electrons. The number of halogens is 1. The fourth-order valence-corrected chi connectivity index (χ4v) is 2.46. The second-order valence-corrected chi connectivity index (χ2v) is 6.40. The molecular formula is C18H16BrN3O3. The van der Waals surface area contributed by atoms with Gasteiger partial charge in [0, 0.05) is 10.7 Å². The largest absolute Gasteiger partial charge is 0.489 e. The van der Waals surface area contributed by atoms with Gasteiger partial charge in [0.15, 0.2) is 5.69 Å². The van der Waals surface area contributed by atoms with Crippen LogP contribution in [0.25, 0.3) is 0 Å². The van der Waals surface area contributed by atoms with Gasteiger partial charge >= 0.3 is 0 Å². The van der Waals surface area contributed by atoms with Crippen LogP contribution in [0.1, 0.15) is 27.4 Å². The molecule has 0 bridgehead atoms. The molecule has 25 heavy (non-hydrogen) atoms. The van der Waals surface area contributed by atoms with Crippen molar-refractivity contribution in [3.63, 3.8) is 0 Å². The number of nitrogens with one attached hydrogen (secondary N) is 1. The minimum absolute atomic E-state index is 0.190. The zero-order valence-electron chi connectivity index (χ0n) is 13.7. The normalized spacial score (nSPS) is 10.5. The molecule has 7 heteroatoms. The predicted molar refractivity (Wildman–Crippen MR) is 96.6 cm³/mol. The molecule has 2 aromatic heterocycles. The van der Waals surface area contributed by atoms with E-state index in [1.807, 2.05) is 31.2 Å². The molecule has 0 unspecified atom stereocenters. The van der Waals surface area contributed by atoms with Gasteiger partial charge in [0.25, 0.3) is 5.91 Å². The van der Waals surface area contributed by atoms with Gasteiger partial charge in [-0.3, -0.25) is 4.79 Å². The average molecular weight is 402 g/mol. The first-order chi connectivity index (χ1) is 12.0. The van der Waals surface area contributed by atoms with Crippen molar-refractivity contribution in [1.29, 1.82) is 0 Å². The number of rotatable bonds is 5. The molecule has 1 aromatic carbocycles. The van der Waals surface area contributed by atoms with Gasteiger partial charge in [-0.1, -0.05) is 17.3 Å². The van der Waals surface area contributed by atoms with E-state index in [4.69, 9.17) is 9.26 Å². The summed E-state index contributed by atoms with van der Waals surface area (Å²) in [5.74, 6) is 1.30. The summed E-state index contributed by atoms with van der Waals surface area (Å²) in [4.78, 5) is 16.6. The fraction of sp³-hybridized carbons (Fsp3) is 0.167. The molecule has 6 nitrogen and oxygen atoms in total. The molecule has 0 spiro atoms. The molecule has 0 aliphatic rings. The van der Waals surface area contributed by atoms with E-state index in [-0.39, 0.29) is 12.3 Å². The number of nitrogens with zero attached hydrogens (tertiary/aromatic N) is 2. The SMILES string of the molecule is Cc1cccc(OCc2c(C(=O)Nc3ccc(Br)cn3)noc2C)c1. The van der Waals surface area contributed by atoms with Crippen molar-refractivity contribution in [3.8, 4) is 5.75 Å². The number of hydrogen-bond acceptors (Lipinski definition) is 5. The minimum Gasteiger partial charge on any atom is -0.489 e. The second-order valence-electron chi connectivity index (χ2n) is 5.49. The predicted octanol–water partition coefficient (Wildman–Crippen LogP) is 4.28. The average Bonchev–Trinajstić information content (AvgIpc) is 2.96. The highest BCUT2D eigenvalue weighted by molar-refractivity contribution is 9.10. The Morgan fingerprint density at radius 2 is 2.12 bits per heavy atom. The van der Waals surface area contributed by atoms with Crippen LogP contribution in [0.4, 0.5) is 5.82 Å². The summed E-state index contributed by atoms with van der Waals surface area (Å²) in [5, 5.41) is 6.55. The van der Waals surface area contributed by atoms with Crippen molar-refractivity contribution in [1.82, 2.24) is 10.1 Å². The zero-order chi connectivity index (χ0) is 17.8. The molecule has 1 N–H and O–H groups in total. The molecule has 3 rings (SSSR count). The first-order valence-electron chi connectivity index (χ1n) is 7.60. The topological polar surface area (TPSA) is 77.2 Å². The van der Waals surface area contributed by atoms with E-state index in [1.54, 1.807) is 25.3 Å². The van der Waals surface area contributed by atoms with Gasteiger partial charge in [-0.15, -0.1) is 0 Å². The smallest absolute Gasteiger partial charge is 0.279 e. The highest BCUT2D eigenvalue weighted by Crippen LogP contribution is 2.20. The molecular weight excluding hydrogens is 386 g/mol. The van der Waals surface area contributed by atoms with Crippen LogP contribution in [0.2, 0.25) is 0 Å². The first kappa shape index (κ1) is 17.2. The lowest BCUT2D eigenvalue weighted by atomic mass is 10.2. The third-order valence-corrected chi connectivity index (χ3v) is 4.01. The maximum absolute atomic E-state index is 12.5. The number of aromatic nitrogens is 2. The van der Waals surface area contributed by atoms with Gasteiger partial charge < -0.3 is 14.6 Å². The van der Waals surface area contributed by atoms with Crippen LogP contribution in [0, 0.1) is 13.8 Å². The van der Waals surface area contributed by atoms with E-state index in [0.717, 1.165) is 15.8 Å². The number of pyridine rings is 1. The molecule has 0 radical (unpaired) electrons. The summed E-state index contributed by atoms with van der Waals surface area (Å²) < 4.78 is 11.8. The van der Waals surface area contributed by atoms with E-state index in [0.29, 0.717) is 17.1 Å². The Morgan fingerprint density at radius 1 is 1.28 bits per heavy atom. The Hall–Kier alpha value is -2.67. The summed E-state index contributed by atoms with van der Waals surface area (Å²) in [7, 11) is 0. The van der Waals surface area contributed by atoms with Gasteiger partial charge in [0.1, 0.15) is 23.9 Å². The maximum Gasteiger partial charge on any atom is 0.279 e. The van der Waals surface area contributed by atoms with E-state index >= 15 is 0 Å². The Morgan fingerprint density at radius 3 is 2.84 bits per heavy atom. The summed E-state index contributed by atoms with van der Waals surface area (Å²) in [6, 6.07) is 11.2. The number of benzene rings is 1. The summed E-state index contributed by atoms with van der Waals surface area (Å²) in [6.07, 6.45) is 1.60. The van der Waals surface area contributed by atoms with E-state index < -0.39 is 5.91 Å². The molecule has 0 fully saturated rings. The number of anilines is 1. The lowest BCUT2D eigenvalue weighted by Crippen LogP contribution is -2.16. The van der Waals surface area contributed by atoms with Crippen LogP contribution < -0.4 is 10.1 Å². The third kappa shape index (κ3) is 4.24. The quantitative estimate of drug-likeness (QED) is 0.690. The van der Waals surface area contributed by atoms with E-state index in [9.17, 15) is 4.79 Å². The highest BCUT2D eigenvalue weighted by Gasteiger charge is 2.21. The number of amides is 1. The van der Waals surface area contributed by atoms with Gasteiger partial charge in [0.2, 0.25) is 0 Å². The van der Waals surface area contributed by atoms with Crippen molar-refractivity contribution in [2.24, 2.45) is 0 Å². The van der Waals surface area contributed by atoms with Gasteiger partial charge in [-0.2, -0.15) is 0 Å². The van der Waals surface area contributed by atoms with Crippen LogP contribution in [0.5, 0.6) is 5.75 Å². The Kier molecular flexibility index (Phi) is 5.14. The minimum atomic E-state index is -0.394. The van der Waals surface area contributed by atoms with Crippen LogP contribution in [-0.2, 0) is 6.61 Å². The molecule has 0 atom stereocenters. The Labute approximate surface area is 153 Å². The standard InChI is InChI=1S/C18H16BrN3O3/c1-11-4-3-5-14(8-11)24-10-15-12(2)25-22-17(15)18(23)21-16-7-6-13(19)9-20-16/h3-9H,10H2,1-2H3,(H,20,21,23). The third-order valence-electron chi connectivity index (χ3n) is 3.54. The number of carbonyl (C=O) groups excluding carboxylic acids is 1. The lowest BCUT2D eigenvalue weighted by molar-refractivity contribution is 0.101. The van der Waals surface area contributed by atoms with Crippen molar-refractivity contribution >= 4 is 27.7 Å². The molecule has 0 saturated heterocycles. The molecule has 3 aromatic rings. The van der Waals surface area contributed by atoms with Crippen molar-refractivity contribution in [3.05, 3.63) is 69.6 Å². The highest BCUT2D eigenvalue weighted by atomic mass is 79.9. The summed E-state index contributed by atoms with van der Waals surface area (Å²) >= 11 is 3.30. The lowest BCUT2D eigenvalue weighted by Gasteiger charge is -2.07. The monoisotopic (exact) mass is 401 g/mol. The second kappa shape index (κ2) is 7.48. The van der Waals surface area contributed by atoms with Crippen LogP contribution in [0.3, 0.4) is 0 Å². The maximum atomic E-state index is 12.5. The van der Waals surface area contributed by atoms with Gasteiger partial charge in [-0.05, 0) is 59.6 Å². The molecule has 0 aliphatic carbocycles. The van der Waals surface area contributed by atoms with E-state index in [2.05, 4.69) is 31.4 Å². The fourth-order valence-electron chi connectivity index (χ4n) is 2.23. The summed E-state index contributed by atoms with van der Waals surface area (Å²) in [5.41, 5.74) is 1.89. The number of hydrogen-bond donors (Lipinski definition) is 1. The number of carbonyl (C=O) groups is 1. The Balaban J connectivity index is 1.74. The molecule has 0 aliphatic heterocycles. The first-order valence-corrected chi connectivity index (χ1v) is 8.40. The molecule has 0 saturated carbocycles. The van der Waals surface area contributed by atoms with E-state index in [1.165, 1.54) is 0 Å². The molecule has 1 amide bonds. The van der Waals surface area contributed by atoms with Gasteiger partial charge in [-0.25, -0.2) is 4.98 Å². The number of ether oxygens (including phenoxy) is 1. The van der Waals surface area contributed by atoms with Crippen molar-refractivity contribution in [2.45, 2.75) is 20.5 Å². The Bertz CT molecular complexity index is 891. The van der Waals surface area contributed by atoms with Crippen molar-refractivity contribution < 1.29 is 14.1 Å².